The zero-order chi connectivity index (χ0) is 15.2. The zero-order valence-electron chi connectivity index (χ0n) is 13.0. The second-order valence-corrected chi connectivity index (χ2v) is 4.98. The Morgan fingerprint density at radius 3 is 2.43 bits per heavy atom. The van der Waals surface area contributed by atoms with E-state index in [1.165, 1.54) is 0 Å². The molecule has 2 rings (SSSR count). The van der Waals surface area contributed by atoms with Crippen molar-refractivity contribution in [1.29, 1.82) is 0 Å². The van der Waals surface area contributed by atoms with Crippen LogP contribution in [0.25, 0.3) is 0 Å². The number of rotatable bonds is 7. The molecule has 114 valence electrons. The number of aryl methyl sites for hydroxylation is 1. The first kappa shape index (κ1) is 15.0. The smallest absolute Gasteiger partial charge is 0.231 e. The molecule has 0 atom stereocenters. The van der Waals surface area contributed by atoms with E-state index in [0.717, 1.165) is 18.5 Å². The van der Waals surface area contributed by atoms with Gasteiger partial charge in [0.15, 0.2) is 0 Å². The van der Waals surface area contributed by atoms with Gasteiger partial charge in [0.1, 0.15) is 0 Å². The Morgan fingerprint density at radius 2 is 1.86 bits per heavy atom. The zero-order valence-corrected chi connectivity index (χ0v) is 13.0. The average Bonchev–Trinajstić information content (AvgIpc) is 2.88. The number of anilines is 3. The summed E-state index contributed by atoms with van der Waals surface area (Å²) in [6.45, 7) is 3.56. The van der Waals surface area contributed by atoms with Crippen LogP contribution in [0.15, 0.2) is 12.4 Å². The third-order valence-corrected chi connectivity index (χ3v) is 2.77. The average molecular weight is 290 g/mol. The van der Waals surface area contributed by atoms with E-state index in [1.54, 1.807) is 4.68 Å². The van der Waals surface area contributed by atoms with Gasteiger partial charge in [-0.05, 0) is 6.42 Å². The third-order valence-electron chi connectivity index (χ3n) is 2.77. The summed E-state index contributed by atoms with van der Waals surface area (Å²) in [5, 5.41) is 10.5. The van der Waals surface area contributed by atoms with Gasteiger partial charge in [0.25, 0.3) is 0 Å². The van der Waals surface area contributed by atoms with Crippen molar-refractivity contribution in [2.24, 2.45) is 7.05 Å². The van der Waals surface area contributed by atoms with E-state index >= 15 is 0 Å². The van der Waals surface area contributed by atoms with Crippen molar-refractivity contribution in [2.45, 2.75) is 19.9 Å². The first-order chi connectivity index (χ1) is 10.1. The van der Waals surface area contributed by atoms with E-state index in [0.29, 0.717) is 24.4 Å². The molecule has 8 heteroatoms. The topological polar surface area (TPSA) is 83.8 Å². The Balaban J connectivity index is 2.11. The lowest BCUT2D eigenvalue weighted by atomic mass is 10.4. The van der Waals surface area contributed by atoms with Gasteiger partial charge in [-0.15, -0.1) is 0 Å². The normalized spacial score (nSPS) is 10.5. The molecule has 0 unspecified atom stereocenters. The number of hydrogen-bond donors (Lipinski definition) is 2. The van der Waals surface area contributed by atoms with Crippen LogP contribution in [0, 0.1) is 0 Å². The van der Waals surface area contributed by atoms with Gasteiger partial charge >= 0.3 is 0 Å². The van der Waals surface area contributed by atoms with Crippen molar-refractivity contribution in [3.8, 4) is 0 Å². The minimum atomic E-state index is 0.552. The monoisotopic (exact) mass is 290 g/mol. The fourth-order valence-electron chi connectivity index (χ4n) is 1.70. The van der Waals surface area contributed by atoms with Gasteiger partial charge in [-0.3, -0.25) is 4.68 Å². The Labute approximate surface area is 124 Å². The van der Waals surface area contributed by atoms with Crippen molar-refractivity contribution in [3.05, 3.63) is 18.0 Å². The quantitative estimate of drug-likeness (QED) is 0.790. The molecule has 0 amide bonds. The standard InChI is InChI=1S/C13H22N8/c1-5-6-14-11-17-12(19-13(18-11)20(2)3)15-7-10-8-16-21(4)9-10/h8-9H,5-7H2,1-4H3,(H2,14,15,17,18,19). The summed E-state index contributed by atoms with van der Waals surface area (Å²) in [5.41, 5.74) is 1.08. The van der Waals surface area contributed by atoms with E-state index < -0.39 is 0 Å². The summed E-state index contributed by atoms with van der Waals surface area (Å²) in [6.07, 6.45) is 4.79. The molecular formula is C13H22N8. The number of nitrogens with one attached hydrogen (secondary N) is 2. The molecule has 0 spiro atoms. The van der Waals surface area contributed by atoms with Crippen molar-refractivity contribution in [3.63, 3.8) is 0 Å². The Kier molecular flexibility index (Phi) is 4.91. The Morgan fingerprint density at radius 1 is 1.14 bits per heavy atom. The van der Waals surface area contributed by atoms with Crippen LogP contribution in [0.2, 0.25) is 0 Å². The SMILES string of the molecule is CCCNc1nc(NCc2cnn(C)c2)nc(N(C)C)n1. The van der Waals surface area contributed by atoms with E-state index in [9.17, 15) is 0 Å². The summed E-state index contributed by atoms with van der Waals surface area (Å²) in [5.74, 6) is 1.76. The summed E-state index contributed by atoms with van der Waals surface area (Å²) in [4.78, 5) is 15.0. The molecule has 0 saturated carbocycles. The van der Waals surface area contributed by atoms with Crippen molar-refractivity contribution >= 4 is 17.8 Å². The molecule has 0 aliphatic carbocycles. The van der Waals surface area contributed by atoms with Crippen LogP contribution in [-0.4, -0.2) is 45.4 Å². The highest BCUT2D eigenvalue weighted by Gasteiger charge is 2.08. The lowest BCUT2D eigenvalue weighted by molar-refractivity contribution is 0.767. The number of nitrogens with zero attached hydrogens (tertiary/aromatic N) is 6. The maximum atomic E-state index is 4.39. The Bertz CT molecular complexity index is 577. The molecule has 2 N–H and O–H groups in total. The minimum Gasteiger partial charge on any atom is -0.354 e. The van der Waals surface area contributed by atoms with Gasteiger partial charge in [0.05, 0.1) is 6.20 Å². The molecule has 0 bridgehead atoms. The molecule has 0 aromatic carbocycles. The molecular weight excluding hydrogens is 268 g/mol. The van der Waals surface area contributed by atoms with Crippen LogP contribution < -0.4 is 15.5 Å². The van der Waals surface area contributed by atoms with Gasteiger partial charge in [-0.25, -0.2) is 0 Å². The third kappa shape index (κ3) is 4.30. The van der Waals surface area contributed by atoms with Crippen LogP contribution in [0.3, 0.4) is 0 Å². The van der Waals surface area contributed by atoms with Gasteiger partial charge in [0.2, 0.25) is 17.8 Å². The van der Waals surface area contributed by atoms with Crippen LogP contribution in [-0.2, 0) is 13.6 Å². The summed E-state index contributed by atoms with van der Waals surface area (Å²) in [7, 11) is 5.71. The van der Waals surface area contributed by atoms with Gasteiger partial charge in [-0.2, -0.15) is 20.1 Å². The summed E-state index contributed by atoms with van der Waals surface area (Å²) < 4.78 is 1.77. The predicted octanol–water partition coefficient (Wildman–Crippen LogP) is 1.11. The van der Waals surface area contributed by atoms with Crippen LogP contribution in [0.5, 0.6) is 0 Å². The van der Waals surface area contributed by atoms with Crippen molar-refractivity contribution in [1.82, 2.24) is 24.7 Å². The number of aromatic nitrogens is 5. The maximum absolute atomic E-state index is 4.39. The molecule has 2 aromatic rings. The molecule has 0 aliphatic heterocycles. The van der Waals surface area contributed by atoms with Gasteiger partial charge < -0.3 is 15.5 Å². The maximum Gasteiger partial charge on any atom is 0.231 e. The molecule has 8 nitrogen and oxygen atoms in total. The highest BCUT2D eigenvalue weighted by atomic mass is 15.3. The number of hydrogen-bond acceptors (Lipinski definition) is 7. The first-order valence-corrected chi connectivity index (χ1v) is 6.97. The molecule has 0 aliphatic rings. The molecule has 0 radical (unpaired) electrons. The minimum absolute atomic E-state index is 0.552. The second-order valence-electron chi connectivity index (χ2n) is 4.98. The van der Waals surface area contributed by atoms with E-state index in [1.807, 2.05) is 38.4 Å². The Hall–Kier alpha value is -2.38. The van der Waals surface area contributed by atoms with Crippen molar-refractivity contribution < 1.29 is 0 Å². The lowest BCUT2D eigenvalue weighted by Gasteiger charge is -2.13. The summed E-state index contributed by atoms with van der Waals surface area (Å²) >= 11 is 0. The van der Waals surface area contributed by atoms with Crippen molar-refractivity contribution in [2.75, 3.05) is 36.2 Å². The second kappa shape index (κ2) is 6.87. The fraction of sp³-hybridized carbons (Fsp3) is 0.538. The first-order valence-electron chi connectivity index (χ1n) is 6.97. The molecule has 0 saturated heterocycles. The van der Waals surface area contributed by atoms with Crippen LogP contribution >= 0.6 is 0 Å². The molecule has 2 aromatic heterocycles. The lowest BCUT2D eigenvalue weighted by Crippen LogP contribution is -2.17. The van der Waals surface area contributed by atoms with Gasteiger partial charge in [0, 0.05) is 46.0 Å². The van der Waals surface area contributed by atoms with Crippen LogP contribution in [0.1, 0.15) is 18.9 Å². The molecule has 21 heavy (non-hydrogen) atoms. The molecule has 2 heterocycles. The van der Waals surface area contributed by atoms with Crippen LogP contribution in [0.4, 0.5) is 17.8 Å². The molecule has 0 fully saturated rings. The van der Waals surface area contributed by atoms with Gasteiger partial charge in [-0.1, -0.05) is 6.92 Å². The predicted molar refractivity (Wildman–Crippen MR) is 83.5 cm³/mol. The highest BCUT2D eigenvalue weighted by molar-refractivity contribution is 5.43. The summed E-state index contributed by atoms with van der Waals surface area (Å²) in [6, 6.07) is 0. The van der Waals surface area contributed by atoms with E-state index in [-0.39, 0.29) is 0 Å². The highest BCUT2D eigenvalue weighted by Crippen LogP contribution is 2.12. The van der Waals surface area contributed by atoms with E-state index in [4.69, 9.17) is 0 Å². The van der Waals surface area contributed by atoms with E-state index in [2.05, 4.69) is 37.6 Å². The fourth-order valence-corrected chi connectivity index (χ4v) is 1.70. The largest absolute Gasteiger partial charge is 0.354 e.